The highest BCUT2D eigenvalue weighted by Crippen LogP contribution is 2.28. The third-order valence-corrected chi connectivity index (χ3v) is 3.25. The number of hydrogen-bond donors (Lipinski definition) is 1. The van der Waals surface area contributed by atoms with E-state index in [4.69, 9.17) is 17.3 Å². The number of amidine groups is 1. The number of hydrogen-bond acceptors (Lipinski definition) is 2. The van der Waals surface area contributed by atoms with Gasteiger partial charge in [-0.3, -0.25) is 4.79 Å². The van der Waals surface area contributed by atoms with E-state index in [2.05, 4.69) is 4.99 Å². The van der Waals surface area contributed by atoms with Crippen molar-refractivity contribution in [2.75, 3.05) is 17.3 Å². The van der Waals surface area contributed by atoms with Crippen molar-refractivity contribution >= 4 is 34.7 Å². The molecule has 1 aliphatic heterocycles. The van der Waals surface area contributed by atoms with Crippen LogP contribution in [0.15, 0.2) is 23.2 Å². The molecule has 18 heavy (non-hydrogen) atoms. The van der Waals surface area contributed by atoms with Crippen LogP contribution in [0.3, 0.4) is 0 Å². The highest BCUT2D eigenvalue weighted by Gasteiger charge is 2.21. The molecule has 1 aromatic carbocycles. The Labute approximate surface area is 111 Å². The van der Waals surface area contributed by atoms with Gasteiger partial charge in [0.15, 0.2) is 0 Å². The number of amides is 1. The molecular weight excluding hydrogens is 250 g/mol. The molecule has 0 spiro atoms. The van der Waals surface area contributed by atoms with Gasteiger partial charge in [-0.1, -0.05) is 6.07 Å². The van der Waals surface area contributed by atoms with Gasteiger partial charge in [0.2, 0.25) is 5.91 Å². The van der Waals surface area contributed by atoms with Crippen LogP contribution in [0.2, 0.25) is 0 Å². The van der Waals surface area contributed by atoms with Gasteiger partial charge in [-0.05, 0) is 31.0 Å². The van der Waals surface area contributed by atoms with Gasteiger partial charge in [-0.25, -0.2) is 4.99 Å². The van der Waals surface area contributed by atoms with Gasteiger partial charge in [0.25, 0.3) is 0 Å². The lowest BCUT2D eigenvalue weighted by Gasteiger charge is -2.16. The van der Waals surface area contributed by atoms with E-state index in [0.717, 1.165) is 29.9 Å². The number of anilines is 1. The first-order chi connectivity index (χ1) is 8.61. The van der Waals surface area contributed by atoms with E-state index in [1.807, 2.05) is 25.1 Å². The first-order valence-electron chi connectivity index (χ1n) is 5.92. The lowest BCUT2D eigenvalue weighted by molar-refractivity contribution is -0.117. The second-order valence-electron chi connectivity index (χ2n) is 4.36. The number of alkyl halides is 1. The first-order valence-corrected chi connectivity index (χ1v) is 6.45. The third-order valence-electron chi connectivity index (χ3n) is 2.98. The number of aliphatic imine (C=N–C) groups is 1. The molecule has 5 heteroatoms. The molecule has 1 fully saturated rings. The lowest BCUT2D eigenvalue weighted by Crippen LogP contribution is -2.23. The Morgan fingerprint density at radius 1 is 1.56 bits per heavy atom. The molecule has 0 saturated carbocycles. The molecule has 0 unspecified atom stereocenters. The summed E-state index contributed by atoms with van der Waals surface area (Å²) in [7, 11) is 0. The molecule has 4 nitrogen and oxygen atoms in total. The Morgan fingerprint density at radius 2 is 2.33 bits per heavy atom. The van der Waals surface area contributed by atoms with Crippen LogP contribution in [0.5, 0.6) is 0 Å². The summed E-state index contributed by atoms with van der Waals surface area (Å²) in [5.74, 6) is 0.746. The molecule has 0 bridgehead atoms. The first kappa shape index (κ1) is 12.9. The fourth-order valence-corrected chi connectivity index (χ4v) is 2.05. The van der Waals surface area contributed by atoms with Gasteiger partial charge < -0.3 is 10.6 Å². The zero-order valence-electron chi connectivity index (χ0n) is 10.3. The van der Waals surface area contributed by atoms with Gasteiger partial charge in [0.05, 0.1) is 11.6 Å². The Hall–Kier alpha value is -1.55. The van der Waals surface area contributed by atoms with Crippen LogP contribution in [-0.2, 0) is 4.79 Å². The Bertz CT molecular complexity index is 499. The maximum Gasteiger partial charge on any atom is 0.227 e. The number of carbonyl (C=O) groups is 1. The summed E-state index contributed by atoms with van der Waals surface area (Å²) in [5, 5.41) is 0. The van der Waals surface area contributed by atoms with Crippen LogP contribution < -0.4 is 10.6 Å². The molecule has 0 atom stereocenters. The van der Waals surface area contributed by atoms with Gasteiger partial charge >= 0.3 is 0 Å². The Kier molecular flexibility index (Phi) is 3.87. The topological polar surface area (TPSA) is 58.7 Å². The number of rotatable bonds is 3. The second-order valence-corrected chi connectivity index (χ2v) is 4.62. The summed E-state index contributed by atoms with van der Waals surface area (Å²) in [6.45, 7) is 2.73. The smallest absolute Gasteiger partial charge is 0.227 e. The summed E-state index contributed by atoms with van der Waals surface area (Å²) in [5.41, 5.74) is 8.30. The maximum absolute atomic E-state index is 11.7. The van der Waals surface area contributed by atoms with E-state index in [-0.39, 0.29) is 11.8 Å². The summed E-state index contributed by atoms with van der Waals surface area (Å²) in [6, 6.07) is 5.77. The quantitative estimate of drug-likeness (QED) is 0.518. The molecule has 1 saturated heterocycles. The average molecular weight is 266 g/mol. The van der Waals surface area contributed by atoms with E-state index in [1.165, 1.54) is 0 Å². The standard InChI is InChI=1S/C13H16ClN3O/c1-9-4-5-10(17-6-2-3-13(17)18)7-11(9)16-12(15)8-14/h4-5,7H,2-3,6,8H2,1H3,(H2,15,16). The molecule has 2 N–H and O–H groups in total. The van der Waals surface area contributed by atoms with Crippen LogP contribution in [-0.4, -0.2) is 24.2 Å². The van der Waals surface area contributed by atoms with E-state index in [0.29, 0.717) is 12.3 Å². The fraction of sp³-hybridized carbons (Fsp3) is 0.385. The third kappa shape index (κ3) is 2.64. The molecule has 1 heterocycles. The van der Waals surface area contributed by atoms with Gasteiger partial charge in [0, 0.05) is 18.7 Å². The average Bonchev–Trinajstić information content (AvgIpc) is 2.78. The fourth-order valence-electron chi connectivity index (χ4n) is 1.99. The van der Waals surface area contributed by atoms with Crippen LogP contribution in [0.25, 0.3) is 0 Å². The number of aryl methyl sites for hydroxylation is 1. The van der Waals surface area contributed by atoms with E-state index < -0.39 is 0 Å². The number of carbonyl (C=O) groups excluding carboxylic acids is 1. The van der Waals surface area contributed by atoms with E-state index in [9.17, 15) is 4.79 Å². The van der Waals surface area contributed by atoms with Gasteiger partial charge in [-0.15, -0.1) is 11.6 Å². The minimum Gasteiger partial charge on any atom is -0.386 e. The van der Waals surface area contributed by atoms with Crippen molar-refractivity contribution in [3.05, 3.63) is 23.8 Å². The number of nitrogens with zero attached hydrogens (tertiary/aromatic N) is 2. The van der Waals surface area contributed by atoms with Crippen molar-refractivity contribution in [3.8, 4) is 0 Å². The maximum atomic E-state index is 11.7. The summed E-state index contributed by atoms with van der Waals surface area (Å²) >= 11 is 5.62. The molecule has 1 aliphatic rings. The van der Waals surface area contributed by atoms with Crippen LogP contribution in [0.4, 0.5) is 11.4 Å². The molecule has 96 valence electrons. The van der Waals surface area contributed by atoms with Gasteiger partial charge in [-0.2, -0.15) is 0 Å². The molecule has 0 aromatic heterocycles. The SMILES string of the molecule is Cc1ccc(N2CCCC2=O)cc1N=C(N)CCl. The van der Waals surface area contributed by atoms with Gasteiger partial charge in [0.1, 0.15) is 5.84 Å². The second kappa shape index (κ2) is 5.40. The van der Waals surface area contributed by atoms with Crippen molar-refractivity contribution < 1.29 is 4.79 Å². The summed E-state index contributed by atoms with van der Waals surface area (Å²) in [6.07, 6.45) is 1.53. The Balaban J connectivity index is 2.34. The summed E-state index contributed by atoms with van der Waals surface area (Å²) in [4.78, 5) is 17.7. The number of benzene rings is 1. The predicted molar refractivity (Wildman–Crippen MR) is 74.8 cm³/mol. The molecular formula is C13H16ClN3O. The highest BCUT2D eigenvalue weighted by atomic mass is 35.5. The van der Waals surface area contributed by atoms with Crippen molar-refractivity contribution in [1.29, 1.82) is 0 Å². The molecule has 1 aromatic rings. The van der Waals surface area contributed by atoms with Crippen LogP contribution >= 0.6 is 11.6 Å². The Morgan fingerprint density at radius 3 is 2.94 bits per heavy atom. The van der Waals surface area contributed by atoms with E-state index in [1.54, 1.807) is 4.90 Å². The highest BCUT2D eigenvalue weighted by molar-refractivity contribution is 6.28. The summed E-state index contributed by atoms with van der Waals surface area (Å²) < 4.78 is 0. The zero-order valence-corrected chi connectivity index (χ0v) is 11.1. The number of halogens is 1. The minimum atomic E-state index is 0.166. The van der Waals surface area contributed by atoms with Crippen molar-refractivity contribution in [2.45, 2.75) is 19.8 Å². The van der Waals surface area contributed by atoms with Crippen molar-refractivity contribution in [2.24, 2.45) is 10.7 Å². The minimum absolute atomic E-state index is 0.166. The molecule has 0 radical (unpaired) electrons. The monoisotopic (exact) mass is 265 g/mol. The van der Waals surface area contributed by atoms with Crippen LogP contribution in [0.1, 0.15) is 18.4 Å². The molecule has 2 rings (SSSR count). The molecule has 0 aliphatic carbocycles. The van der Waals surface area contributed by atoms with E-state index >= 15 is 0 Å². The zero-order chi connectivity index (χ0) is 13.1. The normalized spacial score (nSPS) is 16.4. The predicted octanol–water partition coefficient (Wildman–Crippen LogP) is 2.35. The van der Waals surface area contributed by atoms with Crippen LogP contribution in [0, 0.1) is 6.92 Å². The largest absolute Gasteiger partial charge is 0.386 e. The number of nitrogens with two attached hydrogens (primary N) is 1. The van der Waals surface area contributed by atoms with Crippen molar-refractivity contribution in [1.82, 2.24) is 0 Å². The van der Waals surface area contributed by atoms with Crippen molar-refractivity contribution in [3.63, 3.8) is 0 Å². The lowest BCUT2D eigenvalue weighted by atomic mass is 10.1. The molecule has 1 amide bonds.